The van der Waals surface area contributed by atoms with Gasteiger partial charge in [0, 0.05) is 36.3 Å². The van der Waals surface area contributed by atoms with E-state index in [-0.39, 0.29) is 30.7 Å². The number of hydrogen-bond donors (Lipinski definition) is 1. The molecule has 32 heavy (non-hydrogen) atoms. The van der Waals surface area contributed by atoms with Crippen molar-refractivity contribution in [1.82, 2.24) is 14.5 Å². The summed E-state index contributed by atoms with van der Waals surface area (Å²) < 4.78 is 38.1. The van der Waals surface area contributed by atoms with Gasteiger partial charge in [0.1, 0.15) is 0 Å². The predicted octanol–water partition coefficient (Wildman–Crippen LogP) is 3.28. The molecule has 1 aromatic heterocycles. The lowest BCUT2D eigenvalue weighted by molar-refractivity contribution is -0.387. The third-order valence-electron chi connectivity index (χ3n) is 5.84. The maximum atomic E-state index is 13.0. The van der Waals surface area contributed by atoms with Crippen molar-refractivity contribution in [1.29, 1.82) is 0 Å². The van der Waals surface area contributed by atoms with E-state index in [1.54, 1.807) is 0 Å². The molecule has 1 saturated heterocycles. The molecule has 10 nitrogen and oxygen atoms in total. The van der Waals surface area contributed by atoms with Crippen LogP contribution in [0.25, 0.3) is 11.3 Å². The normalized spacial score (nSPS) is 16.9. The Bertz CT molecular complexity index is 1280. The molecular weight excluding hydrogens is 436 g/mol. The summed E-state index contributed by atoms with van der Waals surface area (Å²) in [5.74, 6) is 1.50. The number of ether oxygens (including phenoxy) is 2. The van der Waals surface area contributed by atoms with Gasteiger partial charge in [0.05, 0.1) is 10.6 Å². The van der Waals surface area contributed by atoms with E-state index in [2.05, 4.69) is 10.2 Å². The van der Waals surface area contributed by atoms with Crippen molar-refractivity contribution in [3.8, 4) is 22.8 Å². The van der Waals surface area contributed by atoms with Gasteiger partial charge in [0.2, 0.25) is 16.8 Å². The first-order valence-corrected chi connectivity index (χ1v) is 11.6. The highest BCUT2D eigenvalue weighted by Gasteiger charge is 2.34. The van der Waals surface area contributed by atoms with Crippen LogP contribution in [0.5, 0.6) is 11.5 Å². The summed E-state index contributed by atoms with van der Waals surface area (Å²) >= 11 is 0. The molecule has 2 aliphatic heterocycles. The number of nitro groups is 1. The Morgan fingerprint density at radius 3 is 2.59 bits per heavy atom. The van der Waals surface area contributed by atoms with Gasteiger partial charge in [0.15, 0.2) is 16.4 Å². The number of H-pyrrole nitrogens is 1. The van der Waals surface area contributed by atoms with E-state index in [4.69, 9.17) is 9.47 Å². The second-order valence-corrected chi connectivity index (χ2v) is 9.59. The molecule has 0 bridgehead atoms. The Hall–Kier alpha value is -3.44. The number of aromatic nitrogens is 2. The first-order chi connectivity index (χ1) is 15.4. The fourth-order valence-electron chi connectivity index (χ4n) is 4.12. The van der Waals surface area contributed by atoms with Gasteiger partial charge in [-0.15, -0.1) is 0 Å². The highest BCUT2D eigenvalue weighted by atomic mass is 32.2. The number of rotatable bonds is 5. The number of nitro benzene ring substituents is 1. The van der Waals surface area contributed by atoms with Gasteiger partial charge in [-0.25, -0.2) is 8.42 Å². The molecule has 5 rings (SSSR count). The van der Waals surface area contributed by atoms with Crippen molar-refractivity contribution in [3.63, 3.8) is 0 Å². The molecule has 1 N–H and O–H groups in total. The average molecular weight is 456 g/mol. The fourth-order valence-corrected chi connectivity index (χ4v) is 5.75. The molecule has 2 aliphatic rings. The van der Waals surface area contributed by atoms with E-state index in [9.17, 15) is 18.5 Å². The summed E-state index contributed by atoms with van der Waals surface area (Å²) in [4.78, 5) is 10.3. The van der Waals surface area contributed by atoms with Gasteiger partial charge in [-0.1, -0.05) is 12.1 Å². The second-order valence-electron chi connectivity index (χ2n) is 7.68. The van der Waals surface area contributed by atoms with Crippen molar-refractivity contribution in [2.24, 2.45) is 0 Å². The number of nitrogens with one attached hydrogen (secondary N) is 1. The van der Waals surface area contributed by atoms with Crippen LogP contribution >= 0.6 is 0 Å². The van der Waals surface area contributed by atoms with Crippen LogP contribution in [0.1, 0.15) is 24.5 Å². The van der Waals surface area contributed by atoms with Crippen molar-refractivity contribution < 1.29 is 22.8 Å². The van der Waals surface area contributed by atoms with E-state index in [1.807, 2.05) is 24.3 Å². The lowest BCUT2D eigenvalue weighted by Gasteiger charge is -2.30. The van der Waals surface area contributed by atoms with Crippen molar-refractivity contribution in [3.05, 3.63) is 64.3 Å². The zero-order valence-corrected chi connectivity index (χ0v) is 17.7. The molecule has 11 heteroatoms. The minimum absolute atomic E-state index is 0.113. The van der Waals surface area contributed by atoms with Crippen LogP contribution in [0.2, 0.25) is 0 Å². The molecule has 0 aliphatic carbocycles. The number of hydrogen-bond acceptors (Lipinski definition) is 7. The quantitative estimate of drug-likeness (QED) is 0.461. The molecule has 166 valence electrons. The molecule has 2 aromatic carbocycles. The third-order valence-corrected chi connectivity index (χ3v) is 7.79. The van der Waals surface area contributed by atoms with Crippen molar-refractivity contribution in [2.75, 3.05) is 19.9 Å². The summed E-state index contributed by atoms with van der Waals surface area (Å²) in [6, 6.07) is 13.1. The van der Waals surface area contributed by atoms with Gasteiger partial charge >= 0.3 is 0 Å². The standard InChI is InChI=1S/C21H20N4O6S/c26-25(27)18-3-1-2-4-21(18)32(28,29)24-9-7-14(8-10-24)16-12-17(23-22-16)15-5-6-19-20(11-15)31-13-30-19/h1-6,11-12,14H,7-10,13H2,(H,22,23). The lowest BCUT2D eigenvalue weighted by atomic mass is 9.94. The van der Waals surface area contributed by atoms with Crippen LogP contribution in [0.3, 0.4) is 0 Å². The highest BCUT2D eigenvalue weighted by Crippen LogP contribution is 2.37. The summed E-state index contributed by atoms with van der Waals surface area (Å²) in [6.45, 7) is 0.757. The molecule has 3 aromatic rings. The van der Waals surface area contributed by atoms with Gasteiger partial charge in [-0.05, 0) is 43.2 Å². The number of nitrogens with zero attached hydrogens (tertiary/aromatic N) is 3. The Kier molecular flexibility index (Phi) is 5.06. The summed E-state index contributed by atoms with van der Waals surface area (Å²) in [5, 5.41) is 18.7. The number of fused-ring (bicyclic) bond motifs is 1. The summed E-state index contributed by atoms with van der Waals surface area (Å²) in [7, 11) is -3.95. The van der Waals surface area contributed by atoms with Crippen LogP contribution in [-0.2, 0) is 10.0 Å². The predicted molar refractivity (Wildman–Crippen MR) is 114 cm³/mol. The van der Waals surface area contributed by atoms with Crippen LogP contribution < -0.4 is 9.47 Å². The number of benzene rings is 2. The maximum absolute atomic E-state index is 13.0. The van der Waals surface area contributed by atoms with Gasteiger partial charge < -0.3 is 9.47 Å². The molecule has 1 fully saturated rings. The maximum Gasteiger partial charge on any atom is 0.289 e. The Labute approximate surface area is 184 Å². The van der Waals surface area contributed by atoms with E-state index in [0.29, 0.717) is 24.3 Å². The molecule has 0 amide bonds. The molecule has 0 atom stereocenters. The number of piperidine rings is 1. The van der Waals surface area contributed by atoms with Gasteiger partial charge in [0.25, 0.3) is 5.69 Å². The van der Waals surface area contributed by atoms with Crippen molar-refractivity contribution >= 4 is 15.7 Å². The minimum atomic E-state index is -3.95. The smallest absolute Gasteiger partial charge is 0.289 e. The molecule has 0 spiro atoms. The minimum Gasteiger partial charge on any atom is -0.454 e. The Morgan fingerprint density at radius 2 is 1.81 bits per heavy atom. The zero-order chi connectivity index (χ0) is 22.3. The molecule has 0 saturated carbocycles. The van der Waals surface area contributed by atoms with E-state index in [0.717, 1.165) is 17.0 Å². The molecule has 0 unspecified atom stereocenters. The molecule has 3 heterocycles. The van der Waals surface area contributed by atoms with Crippen LogP contribution in [0.4, 0.5) is 5.69 Å². The highest BCUT2D eigenvalue weighted by molar-refractivity contribution is 7.89. The van der Waals surface area contributed by atoms with E-state index < -0.39 is 20.6 Å². The Morgan fingerprint density at radius 1 is 1.06 bits per heavy atom. The number of para-hydroxylation sites is 1. The average Bonchev–Trinajstić information content (AvgIpc) is 3.48. The Balaban J connectivity index is 1.30. The lowest BCUT2D eigenvalue weighted by Crippen LogP contribution is -2.38. The monoisotopic (exact) mass is 456 g/mol. The van der Waals surface area contributed by atoms with Gasteiger partial charge in [-0.2, -0.15) is 9.40 Å². The van der Waals surface area contributed by atoms with E-state index in [1.165, 1.54) is 28.6 Å². The topological polar surface area (TPSA) is 128 Å². The number of sulfonamides is 1. The van der Waals surface area contributed by atoms with Gasteiger partial charge in [-0.3, -0.25) is 15.2 Å². The molecular formula is C21H20N4O6S. The SMILES string of the molecule is O=[N+]([O-])c1ccccc1S(=O)(=O)N1CCC(c2cc(-c3ccc4c(c3)OCO4)n[nH]2)CC1. The summed E-state index contributed by atoms with van der Waals surface area (Å²) in [5.41, 5.74) is 2.19. The number of aromatic amines is 1. The summed E-state index contributed by atoms with van der Waals surface area (Å²) in [6.07, 6.45) is 1.17. The van der Waals surface area contributed by atoms with E-state index >= 15 is 0 Å². The first-order valence-electron chi connectivity index (χ1n) is 10.1. The van der Waals surface area contributed by atoms with Crippen LogP contribution in [-0.4, -0.2) is 47.7 Å². The van der Waals surface area contributed by atoms with Crippen molar-refractivity contribution in [2.45, 2.75) is 23.7 Å². The largest absolute Gasteiger partial charge is 0.454 e. The second kappa shape index (κ2) is 7.92. The zero-order valence-electron chi connectivity index (χ0n) is 16.9. The van der Waals surface area contributed by atoms with Crippen LogP contribution in [0, 0.1) is 10.1 Å². The first kappa shape index (κ1) is 20.5. The third kappa shape index (κ3) is 3.59. The fraction of sp³-hybridized carbons (Fsp3) is 0.286. The van der Waals surface area contributed by atoms with Crippen LogP contribution in [0.15, 0.2) is 53.4 Å². The molecule has 0 radical (unpaired) electrons.